The Morgan fingerprint density at radius 3 is 1.27 bits per heavy atom. The second-order valence-electron chi connectivity index (χ2n) is 17.3. The third kappa shape index (κ3) is 4.69. The van der Waals surface area contributed by atoms with Crippen LogP contribution in [-0.4, -0.2) is 18.8 Å². The van der Waals surface area contributed by atoms with Crippen molar-refractivity contribution < 1.29 is 0 Å². The van der Waals surface area contributed by atoms with E-state index in [1.807, 2.05) is 0 Å². The highest BCUT2D eigenvalue weighted by atomic mass is 15.2. The van der Waals surface area contributed by atoms with Crippen LogP contribution in [0.5, 0.6) is 0 Å². The van der Waals surface area contributed by atoms with Gasteiger partial charge < -0.3 is 9.80 Å². The maximum atomic E-state index is 5.89. The smallest absolute Gasteiger partial charge is 0.165 e. The largest absolute Gasteiger partial charge is 0.308 e. The van der Waals surface area contributed by atoms with Crippen LogP contribution in [0.1, 0.15) is 0 Å². The first-order chi connectivity index (χ1) is 32.8. The molecule has 0 aliphatic heterocycles. The molecule has 66 heavy (non-hydrogen) atoms. The third-order valence-corrected chi connectivity index (χ3v) is 13.8. The van der Waals surface area contributed by atoms with Gasteiger partial charge in [0.15, 0.2) is 11.3 Å². The normalized spacial score (nSPS) is 12.2. The van der Waals surface area contributed by atoms with Crippen molar-refractivity contribution in [3.63, 3.8) is 0 Å². The number of aromatic nitrogens is 4. The molecule has 0 bridgehead atoms. The minimum Gasteiger partial charge on any atom is -0.308 e. The summed E-state index contributed by atoms with van der Waals surface area (Å²) < 4.78 is 4.84. The van der Waals surface area contributed by atoms with Crippen molar-refractivity contribution in [3.8, 4) is 0 Å². The van der Waals surface area contributed by atoms with Crippen LogP contribution < -0.4 is 9.80 Å². The van der Waals surface area contributed by atoms with E-state index in [2.05, 4.69) is 237 Å². The highest BCUT2D eigenvalue weighted by Gasteiger charge is 2.30. The predicted molar refractivity (Wildman–Crippen MR) is 276 cm³/mol. The molecule has 6 nitrogen and oxygen atoms in total. The lowest BCUT2D eigenvalue weighted by Gasteiger charge is -2.27. The van der Waals surface area contributed by atoms with Crippen LogP contribution in [0.2, 0.25) is 0 Å². The molecule has 0 saturated heterocycles. The summed E-state index contributed by atoms with van der Waals surface area (Å²) in [5, 5.41) is 11.7. The SMILES string of the molecule is c1ccc(N(c2ccccc2)c2cc3ccccc3c3c4cccc5c6nc7c(nc6n(c23)c54)c2cc3ccccc3c3c4cccc(N(c5ccccc5)c5ccccc5)c4n7c23)cc1. The van der Waals surface area contributed by atoms with E-state index in [0.717, 1.165) is 89.3 Å². The van der Waals surface area contributed by atoms with E-state index in [1.165, 1.54) is 43.1 Å². The average Bonchev–Trinajstić information content (AvgIpc) is 4.11. The summed E-state index contributed by atoms with van der Waals surface area (Å²) >= 11 is 0. The first-order valence-corrected chi connectivity index (χ1v) is 22.5. The van der Waals surface area contributed by atoms with Gasteiger partial charge in [0.25, 0.3) is 0 Å². The molecule has 0 amide bonds. The van der Waals surface area contributed by atoms with E-state index in [0.29, 0.717) is 0 Å². The van der Waals surface area contributed by atoms with E-state index in [4.69, 9.17) is 9.97 Å². The maximum absolute atomic E-state index is 5.89. The molecule has 0 unspecified atom stereocenters. The topological polar surface area (TPSA) is 41.1 Å². The van der Waals surface area contributed by atoms with Gasteiger partial charge in [-0.15, -0.1) is 0 Å². The zero-order chi connectivity index (χ0) is 43.0. The minimum atomic E-state index is 0.847. The van der Waals surface area contributed by atoms with Gasteiger partial charge in [0, 0.05) is 55.1 Å². The quantitative estimate of drug-likeness (QED) is 0.167. The van der Waals surface area contributed by atoms with E-state index in [9.17, 15) is 0 Å². The fourth-order valence-electron chi connectivity index (χ4n) is 11.2. The lowest BCUT2D eigenvalue weighted by atomic mass is 10.0. The number of rotatable bonds is 6. The molecule has 6 heteroatoms. The number of benzene rings is 10. The summed E-state index contributed by atoms with van der Waals surface area (Å²) in [4.78, 5) is 16.5. The van der Waals surface area contributed by atoms with E-state index >= 15 is 0 Å². The molecule has 0 N–H and O–H groups in total. The molecule has 5 aromatic heterocycles. The van der Waals surface area contributed by atoms with Gasteiger partial charge in [0.1, 0.15) is 11.0 Å². The second kappa shape index (κ2) is 13.3. The summed E-state index contributed by atoms with van der Waals surface area (Å²) in [6.45, 7) is 0. The first-order valence-electron chi connectivity index (χ1n) is 22.5. The van der Waals surface area contributed by atoms with Crippen molar-refractivity contribution in [2.45, 2.75) is 0 Å². The number of hydrogen-bond acceptors (Lipinski definition) is 4. The molecule has 15 rings (SSSR count). The Labute approximate surface area is 377 Å². The Morgan fingerprint density at radius 1 is 0.288 bits per heavy atom. The fraction of sp³-hybridized carbons (Fsp3) is 0. The molecule has 0 saturated carbocycles. The Balaban J connectivity index is 1.13. The van der Waals surface area contributed by atoms with Gasteiger partial charge in [-0.25, -0.2) is 9.97 Å². The highest BCUT2D eigenvalue weighted by molar-refractivity contribution is 6.34. The number of anilines is 6. The zero-order valence-corrected chi connectivity index (χ0v) is 35.5. The third-order valence-electron chi connectivity index (χ3n) is 13.8. The van der Waals surface area contributed by atoms with Crippen LogP contribution in [0.15, 0.2) is 218 Å². The monoisotopic (exact) mass is 840 g/mol. The highest BCUT2D eigenvalue weighted by Crippen LogP contribution is 2.51. The van der Waals surface area contributed by atoms with Crippen molar-refractivity contribution in [2.24, 2.45) is 0 Å². The molecule has 0 aliphatic rings. The molecule has 306 valence electrons. The van der Waals surface area contributed by atoms with E-state index in [-0.39, 0.29) is 0 Å². The summed E-state index contributed by atoms with van der Waals surface area (Å²) in [7, 11) is 0. The van der Waals surface area contributed by atoms with Crippen molar-refractivity contribution in [2.75, 3.05) is 9.80 Å². The van der Waals surface area contributed by atoms with Crippen molar-refractivity contribution in [1.29, 1.82) is 0 Å². The maximum Gasteiger partial charge on any atom is 0.165 e. The summed E-state index contributed by atoms with van der Waals surface area (Å²) in [5.74, 6) is 0. The van der Waals surface area contributed by atoms with Crippen LogP contribution in [-0.2, 0) is 0 Å². The van der Waals surface area contributed by atoms with Crippen molar-refractivity contribution in [1.82, 2.24) is 18.8 Å². The summed E-state index contributed by atoms with van der Waals surface area (Å²) in [6, 6.07) is 78.5. The predicted octanol–water partition coefficient (Wildman–Crippen LogP) is 16.0. The van der Waals surface area contributed by atoms with Crippen LogP contribution in [0, 0.1) is 0 Å². The molecule has 10 aromatic carbocycles. The lowest BCUT2D eigenvalue weighted by molar-refractivity contribution is 1.22. The first kappa shape index (κ1) is 35.5. The lowest BCUT2D eigenvalue weighted by Crippen LogP contribution is -2.11. The van der Waals surface area contributed by atoms with Gasteiger partial charge in [-0.3, -0.25) is 8.80 Å². The molecular weight excluding hydrogens is 805 g/mol. The van der Waals surface area contributed by atoms with Crippen molar-refractivity contribution in [3.05, 3.63) is 218 Å². The molecule has 0 atom stereocenters. The summed E-state index contributed by atoms with van der Waals surface area (Å²) in [5.41, 5.74) is 14.4. The van der Waals surface area contributed by atoms with Gasteiger partial charge in [-0.05, 0) is 88.3 Å². The van der Waals surface area contributed by atoms with Gasteiger partial charge in [0.05, 0.1) is 33.4 Å². The molecule has 0 fully saturated rings. The van der Waals surface area contributed by atoms with Crippen LogP contribution in [0.25, 0.3) is 98.3 Å². The van der Waals surface area contributed by atoms with Crippen molar-refractivity contribution >= 4 is 132 Å². The minimum absolute atomic E-state index is 0.847. The second-order valence-corrected chi connectivity index (χ2v) is 17.3. The number of hydrogen-bond donors (Lipinski definition) is 0. The van der Waals surface area contributed by atoms with E-state index < -0.39 is 0 Å². The van der Waals surface area contributed by atoms with Gasteiger partial charge in [0.2, 0.25) is 0 Å². The van der Waals surface area contributed by atoms with Crippen LogP contribution in [0.3, 0.4) is 0 Å². The standard InChI is InChI=1S/C60H36N6/c1-5-21-39(22-6-1)63(40-23-7-2-8-24-40)49-34-18-32-46-51-43-29-15-13-19-37(43)35-48-54-60(66(56(46)49)57(48)51)61-53-47-33-17-31-45-52-44-30-16-14-20-38(44)36-50(58(52)65(55(45)47)59(53)62-54)64(41-25-9-3-10-26-41)42-27-11-4-12-28-42/h1-36H. The molecule has 0 spiro atoms. The molecule has 15 aromatic rings. The Morgan fingerprint density at radius 2 is 0.697 bits per heavy atom. The Bertz CT molecular complexity index is 4310. The summed E-state index contributed by atoms with van der Waals surface area (Å²) in [6.07, 6.45) is 0. The number of para-hydroxylation sites is 6. The number of nitrogens with zero attached hydrogens (tertiary/aromatic N) is 6. The fourth-order valence-corrected chi connectivity index (χ4v) is 11.2. The van der Waals surface area contributed by atoms with Gasteiger partial charge in [-0.2, -0.15) is 0 Å². The van der Waals surface area contributed by atoms with Crippen LogP contribution in [0.4, 0.5) is 34.1 Å². The van der Waals surface area contributed by atoms with Gasteiger partial charge in [-0.1, -0.05) is 152 Å². The van der Waals surface area contributed by atoms with E-state index in [1.54, 1.807) is 0 Å². The molecule has 5 heterocycles. The Kier molecular flexibility index (Phi) is 7.13. The molecule has 0 aliphatic carbocycles. The molecule has 0 radical (unpaired) electrons. The van der Waals surface area contributed by atoms with Gasteiger partial charge >= 0.3 is 0 Å². The molecular formula is C60H36N6. The zero-order valence-electron chi connectivity index (χ0n) is 35.5. The average molecular weight is 841 g/mol. The number of fused-ring (bicyclic) bond motifs is 16. The Hall–Kier alpha value is -9.00. The van der Waals surface area contributed by atoms with Crippen LogP contribution >= 0.6 is 0 Å².